The lowest BCUT2D eigenvalue weighted by Crippen LogP contribution is -2.17. The zero-order chi connectivity index (χ0) is 29.2. The van der Waals surface area contributed by atoms with Crippen LogP contribution in [0.2, 0.25) is 15.1 Å². The number of nitrogens with one attached hydrogen (secondary N) is 3. The Bertz CT molecular complexity index is 1810. The SMILES string of the molecule is Cc1cc(C)cc(NS(=O)(=O)c2cc(C(=O)Nc3ccc(S(=O)(=O)Nc4cccc(Cl)c4Cl)cc3)ccc2Cl)c1. The molecule has 1 amide bonds. The molecule has 0 saturated carbocycles. The highest BCUT2D eigenvalue weighted by molar-refractivity contribution is 7.93. The summed E-state index contributed by atoms with van der Waals surface area (Å²) in [6.07, 6.45) is 0. The quantitative estimate of drug-likeness (QED) is 0.190. The lowest BCUT2D eigenvalue weighted by Gasteiger charge is -2.13. The van der Waals surface area contributed by atoms with Crippen LogP contribution in [0.1, 0.15) is 21.5 Å². The van der Waals surface area contributed by atoms with E-state index in [2.05, 4.69) is 14.8 Å². The molecule has 0 saturated heterocycles. The zero-order valence-electron chi connectivity index (χ0n) is 21.0. The summed E-state index contributed by atoms with van der Waals surface area (Å²) in [7, 11) is -8.12. The smallest absolute Gasteiger partial charge is 0.263 e. The van der Waals surface area contributed by atoms with E-state index >= 15 is 0 Å². The lowest BCUT2D eigenvalue weighted by atomic mass is 10.1. The van der Waals surface area contributed by atoms with E-state index in [1.807, 2.05) is 19.9 Å². The maximum absolute atomic E-state index is 13.1. The summed E-state index contributed by atoms with van der Waals surface area (Å²) in [6, 6.07) is 19.0. The van der Waals surface area contributed by atoms with Gasteiger partial charge in [0.05, 0.1) is 25.7 Å². The molecule has 0 unspecified atom stereocenters. The fourth-order valence-electron chi connectivity index (χ4n) is 3.80. The molecule has 0 aromatic heterocycles. The number of rotatable bonds is 8. The molecule has 0 bridgehead atoms. The summed E-state index contributed by atoms with van der Waals surface area (Å²) < 4.78 is 56.6. The molecule has 0 heterocycles. The number of anilines is 3. The topological polar surface area (TPSA) is 121 Å². The van der Waals surface area contributed by atoms with Gasteiger partial charge < -0.3 is 5.32 Å². The van der Waals surface area contributed by atoms with Crippen LogP contribution in [0.25, 0.3) is 0 Å². The minimum absolute atomic E-state index is 0.0270. The normalized spacial score (nSPS) is 11.6. The van der Waals surface area contributed by atoms with Crippen LogP contribution >= 0.6 is 34.8 Å². The van der Waals surface area contributed by atoms with Crippen LogP contribution in [-0.2, 0) is 20.0 Å². The van der Waals surface area contributed by atoms with Gasteiger partial charge in [0.2, 0.25) is 0 Å². The Morgan fingerprint density at radius 3 is 1.98 bits per heavy atom. The number of sulfonamides is 2. The van der Waals surface area contributed by atoms with Crippen molar-refractivity contribution in [3.8, 4) is 0 Å². The van der Waals surface area contributed by atoms with Crippen molar-refractivity contribution in [2.75, 3.05) is 14.8 Å². The van der Waals surface area contributed by atoms with E-state index in [-0.39, 0.29) is 41.8 Å². The molecular weight excluding hydrogens is 617 g/mol. The van der Waals surface area contributed by atoms with Crippen molar-refractivity contribution in [1.29, 1.82) is 0 Å². The lowest BCUT2D eigenvalue weighted by molar-refractivity contribution is 0.102. The first kappa shape index (κ1) is 29.7. The first-order valence-electron chi connectivity index (χ1n) is 11.5. The average molecular weight is 639 g/mol. The third-order valence-corrected chi connectivity index (χ3v) is 9.64. The van der Waals surface area contributed by atoms with Crippen LogP contribution < -0.4 is 14.8 Å². The summed E-state index contributed by atoms with van der Waals surface area (Å²) in [5.41, 5.74) is 2.54. The Labute approximate surface area is 247 Å². The molecule has 0 spiro atoms. The molecule has 8 nitrogen and oxygen atoms in total. The second kappa shape index (κ2) is 11.7. The third-order valence-electron chi connectivity index (χ3n) is 5.58. The highest BCUT2D eigenvalue weighted by atomic mass is 35.5. The predicted octanol–water partition coefficient (Wildman–Crippen LogP) is 7.12. The predicted molar refractivity (Wildman–Crippen MR) is 160 cm³/mol. The summed E-state index contributed by atoms with van der Waals surface area (Å²) in [6.45, 7) is 3.69. The summed E-state index contributed by atoms with van der Waals surface area (Å²) >= 11 is 18.2. The minimum atomic E-state index is -4.11. The van der Waals surface area contributed by atoms with Crippen molar-refractivity contribution in [2.24, 2.45) is 0 Å². The van der Waals surface area contributed by atoms with E-state index in [1.165, 1.54) is 54.6 Å². The van der Waals surface area contributed by atoms with Gasteiger partial charge in [-0.2, -0.15) is 0 Å². The number of carbonyl (C=O) groups excluding carboxylic acids is 1. The van der Waals surface area contributed by atoms with Crippen molar-refractivity contribution < 1.29 is 21.6 Å². The van der Waals surface area contributed by atoms with Gasteiger partial charge in [0.1, 0.15) is 4.90 Å². The monoisotopic (exact) mass is 637 g/mol. The molecule has 0 aliphatic heterocycles. The summed E-state index contributed by atoms with van der Waals surface area (Å²) in [5, 5.41) is 2.81. The van der Waals surface area contributed by atoms with Crippen LogP contribution in [0.5, 0.6) is 0 Å². The molecular formula is C27H22Cl3N3O5S2. The van der Waals surface area contributed by atoms with Crippen LogP contribution in [0.15, 0.2) is 88.7 Å². The zero-order valence-corrected chi connectivity index (χ0v) is 24.9. The molecule has 4 aromatic rings. The van der Waals surface area contributed by atoms with Crippen LogP contribution in [0.4, 0.5) is 17.1 Å². The highest BCUT2D eigenvalue weighted by Crippen LogP contribution is 2.31. The molecule has 40 heavy (non-hydrogen) atoms. The van der Waals surface area contributed by atoms with Crippen LogP contribution in [0, 0.1) is 13.8 Å². The number of benzene rings is 4. The van der Waals surface area contributed by atoms with E-state index in [1.54, 1.807) is 18.2 Å². The Morgan fingerprint density at radius 2 is 1.32 bits per heavy atom. The van der Waals surface area contributed by atoms with Crippen LogP contribution in [0.3, 0.4) is 0 Å². The van der Waals surface area contributed by atoms with Gasteiger partial charge in [-0.1, -0.05) is 46.9 Å². The van der Waals surface area contributed by atoms with Gasteiger partial charge in [0, 0.05) is 16.9 Å². The second-order valence-corrected chi connectivity index (χ2v) is 13.3. The van der Waals surface area contributed by atoms with E-state index in [0.717, 1.165) is 11.1 Å². The number of halogens is 3. The maximum Gasteiger partial charge on any atom is 0.263 e. The van der Waals surface area contributed by atoms with Gasteiger partial charge in [-0.05, 0) is 91.7 Å². The van der Waals surface area contributed by atoms with E-state index in [9.17, 15) is 21.6 Å². The van der Waals surface area contributed by atoms with E-state index in [0.29, 0.717) is 5.69 Å². The maximum atomic E-state index is 13.1. The van der Waals surface area contributed by atoms with E-state index in [4.69, 9.17) is 34.8 Å². The fraction of sp³-hybridized carbons (Fsp3) is 0.0741. The number of aryl methyl sites for hydroxylation is 2. The molecule has 0 fully saturated rings. The van der Waals surface area contributed by atoms with Crippen LogP contribution in [-0.4, -0.2) is 22.7 Å². The molecule has 0 radical (unpaired) electrons. The Balaban J connectivity index is 1.51. The van der Waals surface area contributed by atoms with Gasteiger partial charge in [-0.25, -0.2) is 16.8 Å². The Hall–Kier alpha value is -3.28. The summed E-state index contributed by atoms with van der Waals surface area (Å²) in [5.74, 6) is -0.626. The van der Waals surface area contributed by atoms with Gasteiger partial charge in [-0.3, -0.25) is 14.2 Å². The third kappa shape index (κ3) is 6.89. The number of carbonyl (C=O) groups is 1. The molecule has 208 valence electrons. The van der Waals surface area contributed by atoms with Gasteiger partial charge >= 0.3 is 0 Å². The molecule has 4 rings (SSSR count). The first-order chi connectivity index (χ1) is 18.7. The first-order valence-corrected chi connectivity index (χ1v) is 15.6. The number of amides is 1. The van der Waals surface area contributed by atoms with Crippen molar-refractivity contribution in [3.05, 3.63) is 111 Å². The van der Waals surface area contributed by atoms with Gasteiger partial charge in [-0.15, -0.1) is 0 Å². The average Bonchev–Trinajstić information content (AvgIpc) is 2.86. The van der Waals surface area contributed by atoms with Crippen molar-refractivity contribution in [1.82, 2.24) is 0 Å². The van der Waals surface area contributed by atoms with Gasteiger partial charge in [0.25, 0.3) is 26.0 Å². The standard InChI is InChI=1S/C27H22Cl3N3O5S2/c1-16-12-17(2)14-20(13-16)32-40(37,38)25-15-18(6-11-22(25)28)27(34)31-19-7-9-21(10-8-19)39(35,36)33-24-5-3-4-23(29)26(24)30/h3-15,32-33H,1-2H3,(H,31,34). The van der Waals surface area contributed by atoms with Gasteiger partial charge in [0.15, 0.2) is 0 Å². The number of hydrogen-bond acceptors (Lipinski definition) is 5. The molecule has 4 aromatic carbocycles. The fourth-order valence-corrected chi connectivity index (χ4v) is 6.84. The Kier molecular flexibility index (Phi) is 8.67. The molecule has 0 atom stereocenters. The highest BCUT2D eigenvalue weighted by Gasteiger charge is 2.21. The van der Waals surface area contributed by atoms with E-state index < -0.39 is 26.0 Å². The largest absolute Gasteiger partial charge is 0.322 e. The molecule has 3 N–H and O–H groups in total. The number of hydrogen-bond donors (Lipinski definition) is 3. The van der Waals surface area contributed by atoms with Crippen molar-refractivity contribution >= 4 is 77.8 Å². The van der Waals surface area contributed by atoms with Crippen molar-refractivity contribution in [2.45, 2.75) is 23.6 Å². The molecule has 0 aliphatic rings. The molecule has 13 heteroatoms. The Morgan fingerprint density at radius 1 is 0.675 bits per heavy atom. The second-order valence-electron chi connectivity index (χ2n) is 8.81. The van der Waals surface area contributed by atoms with Crippen molar-refractivity contribution in [3.63, 3.8) is 0 Å². The minimum Gasteiger partial charge on any atom is -0.322 e. The molecule has 0 aliphatic carbocycles. The summed E-state index contributed by atoms with van der Waals surface area (Å²) in [4.78, 5) is 12.6.